The average Bonchev–Trinajstić information content (AvgIpc) is 2.65. The first-order valence-corrected chi connectivity index (χ1v) is 7.97. The van der Waals surface area contributed by atoms with E-state index in [1.807, 2.05) is 12.1 Å². The van der Waals surface area contributed by atoms with E-state index in [0.29, 0.717) is 35.7 Å². The van der Waals surface area contributed by atoms with Gasteiger partial charge in [-0.3, -0.25) is 9.59 Å². The molecular weight excluding hydrogens is 320 g/mol. The third-order valence-electron chi connectivity index (χ3n) is 3.55. The molecule has 6 heteroatoms. The molecule has 25 heavy (non-hydrogen) atoms. The van der Waals surface area contributed by atoms with E-state index >= 15 is 0 Å². The highest BCUT2D eigenvalue weighted by atomic mass is 16.5. The van der Waals surface area contributed by atoms with Crippen molar-refractivity contribution >= 4 is 17.5 Å². The van der Waals surface area contributed by atoms with Crippen molar-refractivity contribution in [3.8, 4) is 5.75 Å². The van der Waals surface area contributed by atoms with Gasteiger partial charge in [-0.05, 0) is 36.8 Å². The summed E-state index contributed by atoms with van der Waals surface area (Å²) in [4.78, 5) is 24.6. The first-order chi connectivity index (χ1) is 12.2. The average molecular weight is 342 g/mol. The van der Waals surface area contributed by atoms with Crippen molar-refractivity contribution in [1.82, 2.24) is 5.32 Å². The van der Waals surface area contributed by atoms with Crippen LogP contribution in [0.15, 0.2) is 48.5 Å². The summed E-state index contributed by atoms with van der Waals surface area (Å²) in [5.74, 6) is 0.0458. The van der Waals surface area contributed by atoms with Crippen LogP contribution in [0.3, 0.4) is 0 Å². The summed E-state index contributed by atoms with van der Waals surface area (Å²) >= 11 is 0. The molecule has 2 rings (SSSR count). The van der Waals surface area contributed by atoms with Crippen molar-refractivity contribution in [2.24, 2.45) is 0 Å². The standard InChI is InChI=1S/C19H22N2O4/c1-24-12-6-11-20-18(22)14-7-5-8-15(13-14)19(23)21-16-9-3-4-10-17(16)25-2/h3-5,7-10,13H,6,11-12H2,1-2H3,(H,20,22)(H,21,23). The van der Waals surface area contributed by atoms with Crippen molar-refractivity contribution in [3.05, 3.63) is 59.7 Å². The molecule has 132 valence electrons. The molecule has 0 saturated carbocycles. The fourth-order valence-corrected chi connectivity index (χ4v) is 2.26. The Bertz CT molecular complexity index is 731. The molecule has 2 amide bonds. The smallest absolute Gasteiger partial charge is 0.255 e. The predicted molar refractivity (Wildman–Crippen MR) is 96.2 cm³/mol. The second kappa shape index (κ2) is 9.44. The normalized spacial score (nSPS) is 10.2. The van der Waals surface area contributed by atoms with Gasteiger partial charge in [0.25, 0.3) is 11.8 Å². The topological polar surface area (TPSA) is 76.7 Å². The first kappa shape index (κ1) is 18.5. The maximum Gasteiger partial charge on any atom is 0.255 e. The van der Waals surface area contributed by atoms with Crippen LogP contribution in [-0.4, -0.2) is 39.2 Å². The summed E-state index contributed by atoms with van der Waals surface area (Å²) in [6.45, 7) is 1.10. The molecule has 2 aromatic rings. The Morgan fingerprint density at radius 2 is 1.68 bits per heavy atom. The number of amides is 2. The van der Waals surface area contributed by atoms with E-state index in [2.05, 4.69) is 10.6 Å². The summed E-state index contributed by atoms with van der Waals surface area (Å²) < 4.78 is 10.2. The summed E-state index contributed by atoms with van der Waals surface area (Å²) in [5, 5.41) is 5.59. The van der Waals surface area contributed by atoms with E-state index in [1.54, 1.807) is 50.6 Å². The Morgan fingerprint density at radius 1 is 0.960 bits per heavy atom. The van der Waals surface area contributed by atoms with Gasteiger partial charge < -0.3 is 20.1 Å². The van der Waals surface area contributed by atoms with Gasteiger partial charge in [-0.25, -0.2) is 0 Å². The van der Waals surface area contributed by atoms with Gasteiger partial charge in [0.05, 0.1) is 12.8 Å². The highest BCUT2D eigenvalue weighted by Crippen LogP contribution is 2.23. The molecule has 0 heterocycles. The van der Waals surface area contributed by atoms with Gasteiger partial charge >= 0.3 is 0 Å². The number of rotatable bonds is 8. The monoisotopic (exact) mass is 342 g/mol. The van der Waals surface area contributed by atoms with E-state index in [0.717, 1.165) is 6.42 Å². The lowest BCUT2D eigenvalue weighted by atomic mass is 10.1. The quantitative estimate of drug-likeness (QED) is 0.723. The van der Waals surface area contributed by atoms with Crippen LogP contribution in [0.1, 0.15) is 27.1 Å². The van der Waals surface area contributed by atoms with Gasteiger partial charge in [0.1, 0.15) is 5.75 Å². The molecule has 0 unspecified atom stereocenters. The SMILES string of the molecule is COCCCNC(=O)c1cccc(C(=O)Nc2ccccc2OC)c1. The second-order valence-corrected chi connectivity index (χ2v) is 5.34. The number of nitrogens with one attached hydrogen (secondary N) is 2. The largest absolute Gasteiger partial charge is 0.495 e. The van der Waals surface area contributed by atoms with Crippen molar-refractivity contribution < 1.29 is 19.1 Å². The Morgan fingerprint density at radius 3 is 2.40 bits per heavy atom. The number of carbonyl (C=O) groups excluding carboxylic acids is 2. The highest BCUT2D eigenvalue weighted by Gasteiger charge is 2.12. The lowest BCUT2D eigenvalue weighted by molar-refractivity contribution is 0.0948. The molecule has 0 aliphatic rings. The second-order valence-electron chi connectivity index (χ2n) is 5.34. The zero-order valence-electron chi connectivity index (χ0n) is 14.4. The Balaban J connectivity index is 2.04. The molecule has 0 fully saturated rings. The molecule has 0 radical (unpaired) electrons. The van der Waals surface area contributed by atoms with Crippen LogP contribution in [0.25, 0.3) is 0 Å². The molecule has 0 saturated heterocycles. The number of carbonyl (C=O) groups is 2. The fourth-order valence-electron chi connectivity index (χ4n) is 2.26. The Labute approximate surface area is 147 Å². The summed E-state index contributed by atoms with van der Waals surface area (Å²) in [7, 11) is 3.16. The number of hydrogen-bond donors (Lipinski definition) is 2. The fraction of sp³-hybridized carbons (Fsp3) is 0.263. The molecular formula is C19H22N2O4. The number of hydrogen-bond acceptors (Lipinski definition) is 4. The van der Waals surface area contributed by atoms with Crippen LogP contribution in [0.2, 0.25) is 0 Å². The number of benzene rings is 2. The van der Waals surface area contributed by atoms with Crippen molar-refractivity contribution in [2.45, 2.75) is 6.42 Å². The summed E-state index contributed by atoms with van der Waals surface area (Å²) in [5.41, 5.74) is 1.41. The van der Waals surface area contributed by atoms with E-state index in [-0.39, 0.29) is 11.8 Å². The van der Waals surface area contributed by atoms with Crippen molar-refractivity contribution in [1.29, 1.82) is 0 Å². The number of methoxy groups -OCH3 is 2. The van der Waals surface area contributed by atoms with Crippen LogP contribution in [0.4, 0.5) is 5.69 Å². The molecule has 6 nitrogen and oxygen atoms in total. The minimum atomic E-state index is -0.307. The zero-order valence-corrected chi connectivity index (χ0v) is 14.4. The highest BCUT2D eigenvalue weighted by molar-refractivity contribution is 6.06. The Hall–Kier alpha value is -2.86. The molecule has 0 aliphatic heterocycles. The number of ether oxygens (including phenoxy) is 2. The van der Waals surface area contributed by atoms with Gasteiger partial charge in [0, 0.05) is 31.4 Å². The van der Waals surface area contributed by atoms with E-state index in [4.69, 9.17) is 9.47 Å². The lowest BCUT2D eigenvalue weighted by Crippen LogP contribution is -2.25. The van der Waals surface area contributed by atoms with Crippen LogP contribution < -0.4 is 15.4 Å². The molecule has 0 atom stereocenters. The molecule has 0 aliphatic carbocycles. The van der Waals surface area contributed by atoms with Crippen molar-refractivity contribution in [2.75, 3.05) is 32.7 Å². The van der Waals surface area contributed by atoms with Gasteiger partial charge in [-0.15, -0.1) is 0 Å². The molecule has 0 spiro atoms. The van der Waals surface area contributed by atoms with Crippen LogP contribution in [0.5, 0.6) is 5.75 Å². The number of para-hydroxylation sites is 2. The van der Waals surface area contributed by atoms with Crippen LogP contribution >= 0.6 is 0 Å². The lowest BCUT2D eigenvalue weighted by Gasteiger charge is -2.10. The minimum absolute atomic E-state index is 0.219. The zero-order chi connectivity index (χ0) is 18.1. The van der Waals surface area contributed by atoms with Crippen molar-refractivity contribution in [3.63, 3.8) is 0 Å². The molecule has 0 aromatic heterocycles. The first-order valence-electron chi connectivity index (χ1n) is 7.97. The summed E-state index contributed by atoms with van der Waals surface area (Å²) in [6.07, 6.45) is 0.732. The van der Waals surface area contributed by atoms with Gasteiger partial charge in [0.2, 0.25) is 0 Å². The number of anilines is 1. The van der Waals surface area contributed by atoms with Gasteiger partial charge in [-0.2, -0.15) is 0 Å². The Kier molecular flexibility index (Phi) is 6.98. The maximum absolute atomic E-state index is 12.4. The van der Waals surface area contributed by atoms with Gasteiger partial charge in [0.15, 0.2) is 0 Å². The third kappa shape index (κ3) is 5.32. The van der Waals surface area contributed by atoms with E-state index < -0.39 is 0 Å². The van der Waals surface area contributed by atoms with Gasteiger partial charge in [-0.1, -0.05) is 18.2 Å². The van der Waals surface area contributed by atoms with Crippen LogP contribution in [-0.2, 0) is 4.74 Å². The molecule has 2 N–H and O–H groups in total. The third-order valence-corrected chi connectivity index (χ3v) is 3.55. The minimum Gasteiger partial charge on any atom is -0.495 e. The van der Waals surface area contributed by atoms with E-state index in [1.165, 1.54) is 0 Å². The molecule has 0 bridgehead atoms. The van der Waals surface area contributed by atoms with E-state index in [9.17, 15) is 9.59 Å². The maximum atomic E-state index is 12.4. The molecule has 2 aromatic carbocycles. The summed E-state index contributed by atoms with van der Waals surface area (Å²) in [6, 6.07) is 13.7. The van der Waals surface area contributed by atoms with Crippen LogP contribution in [0, 0.1) is 0 Å². The predicted octanol–water partition coefficient (Wildman–Crippen LogP) is 2.71.